The molecule has 0 atom stereocenters. The van der Waals surface area contributed by atoms with Crippen LogP contribution in [0.1, 0.15) is 11.1 Å². The average molecular weight is 408 g/mol. The maximum Gasteiger partial charge on any atom is 0.128 e. The summed E-state index contributed by atoms with van der Waals surface area (Å²) in [5, 5.41) is 3.73. The Hall–Kier alpha value is -0.580. The van der Waals surface area contributed by atoms with Crippen molar-refractivity contribution in [2.45, 2.75) is 13.5 Å². The number of halogens is 4. The van der Waals surface area contributed by atoms with Gasteiger partial charge in [0.2, 0.25) is 0 Å². The zero-order valence-corrected chi connectivity index (χ0v) is 14.0. The molecule has 0 amide bonds. The maximum atomic E-state index is 13.6. The van der Waals surface area contributed by atoms with Gasteiger partial charge in [-0.25, -0.2) is 4.39 Å². The smallest absolute Gasteiger partial charge is 0.128 e. The molecule has 0 aliphatic heterocycles. The fourth-order valence-corrected chi connectivity index (χ4v) is 3.62. The summed E-state index contributed by atoms with van der Waals surface area (Å²) >= 11 is 12.9. The van der Waals surface area contributed by atoms with Gasteiger partial charge in [-0.1, -0.05) is 11.6 Å². The highest BCUT2D eigenvalue weighted by atomic mass is 79.9. The minimum Gasteiger partial charge on any atom is -0.379 e. The third-order valence-electron chi connectivity index (χ3n) is 2.65. The molecule has 0 radical (unpaired) electrons. The summed E-state index contributed by atoms with van der Waals surface area (Å²) in [6.45, 7) is 2.38. The van der Waals surface area contributed by atoms with E-state index in [9.17, 15) is 4.39 Å². The molecule has 0 saturated carbocycles. The molecule has 1 N–H and O–H groups in total. The van der Waals surface area contributed by atoms with Gasteiger partial charge in [0, 0.05) is 26.1 Å². The van der Waals surface area contributed by atoms with Crippen LogP contribution in [0.3, 0.4) is 0 Å². The lowest BCUT2D eigenvalue weighted by molar-refractivity contribution is 0.613. The van der Waals surface area contributed by atoms with Gasteiger partial charge in [-0.2, -0.15) is 0 Å². The molecule has 2 rings (SSSR count). The van der Waals surface area contributed by atoms with Gasteiger partial charge in [-0.05, 0) is 74.7 Å². The Bertz CT molecular complexity index is 593. The third-order valence-corrected chi connectivity index (χ3v) is 4.14. The average Bonchev–Trinajstić information content (AvgIpc) is 2.32. The van der Waals surface area contributed by atoms with Crippen LogP contribution in [0, 0.1) is 12.7 Å². The molecule has 0 aliphatic carbocycles. The van der Waals surface area contributed by atoms with Crippen molar-refractivity contribution < 1.29 is 4.39 Å². The Morgan fingerprint density at radius 1 is 1.16 bits per heavy atom. The van der Waals surface area contributed by atoms with Crippen LogP contribution in [-0.4, -0.2) is 0 Å². The quantitative estimate of drug-likeness (QED) is 0.665. The van der Waals surface area contributed by atoms with E-state index in [2.05, 4.69) is 37.2 Å². The Morgan fingerprint density at radius 3 is 2.42 bits per heavy atom. The van der Waals surface area contributed by atoms with E-state index >= 15 is 0 Å². The molecule has 0 saturated heterocycles. The summed E-state index contributed by atoms with van der Waals surface area (Å²) in [4.78, 5) is 0. The number of benzene rings is 2. The summed E-state index contributed by atoms with van der Waals surface area (Å²) < 4.78 is 15.5. The van der Waals surface area contributed by atoms with E-state index in [0.717, 1.165) is 20.2 Å². The van der Waals surface area contributed by atoms with Crippen molar-refractivity contribution in [2.24, 2.45) is 0 Å². The first kappa shape index (κ1) is 14.8. The summed E-state index contributed by atoms with van der Waals surface area (Å²) in [5.41, 5.74) is 2.56. The molecule has 5 heteroatoms. The predicted octanol–water partition coefficient (Wildman–Crippen LogP) is 5.92. The topological polar surface area (TPSA) is 12.0 Å². The molecule has 0 fully saturated rings. The molecular weight excluding hydrogens is 396 g/mol. The SMILES string of the molecule is Cc1cc(Br)c(NCc2cc(Cl)ccc2F)c(Br)c1. The molecule has 0 heterocycles. The van der Waals surface area contributed by atoms with Crippen molar-refractivity contribution in [3.05, 3.63) is 61.2 Å². The van der Waals surface area contributed by atoms with E-state index in [1.807, 2.05) is 19.1 Å². The lowest BCUT2D eigenvalue weighted by atomic mass is 10.2. The Morgan fingerprint density at radius 2 is 1.79 bits per heavy atom. The van der Waals surface area contributed by atoms with Crippen LogP contribution in [-0.2, 0) is 6.54 Å². The highest BCUT2D eigenvalue weighted by molar-refractivity contribution is 9.11. The van der Waals surface area contributed by atoms with Crippen LogP contribution in [0.4, 0.5) is 10.1 Å². The van der Waals surface area contributed by atoms with E-state index in [4.69, 9.17) is 11.6 Å². The first-order valence-corrected chi connectivity index (χ1v) is 7.57. The third kappa shape index (κ3) is 3.71. The van der Waals surface area contributed by atoms with Crippen molar-refractivity contribution in [1.82, 2.24) is 0 Å². The molecule has 0 spiro atoms. The summed E-state index contributed by atoms with van der Waals surface area (Å²) in [7, 11) is 0. The van der Waals surface area contributed by atoms with Gasteiger partial charge in [0.05, 0.1) is 5.69 Å². The van der Waals surface area contributed by atoms with Crippen molar-refractivity contribution in [2.75, 3.05) is 5.32 Å². The first-order valence-electron chi connectivity index (χ1n) is 5.61. The van der Waals surface area contributed by atoms with Crippen molar-refractivity contribution in [3.8, 4) is 0 Å². The van der Waals surface area contributed by atoms with Gasteiger partial charge in [0.25, 0.3) is 0 Å². The predicted molar refractivity (Wildman–Crippen MR) is 85.3 cm³/mol. The van der Waals surface area contributed by atoms with Crippen LogP contribution < -0.4 is 5.32 Å². The Kier molecular flexibility index (Phi) is 4.87. The minimum absolute atomic E-state index is 0.267. The first-order chi connectivity index (χ1) is 8.97. The maximum absolute atomic E-state index is 13.6. The Balaban J connectivity index is 2.21. The molecule has 0 bridgehead atoms. The molecule has 0 unspecified atom stereocenters. The van der Waals surface area contributed by atoms with Crippen LogP contribution >= 0.6 is 43.5 Å². The van der Waals surface area contributed by atoms with Crippen molar-refractivity contribution >= 4 is 49.1 Å². The number of hydrogen-bond donors (Lipinski definition) is 1. The lowest BCUT2D eigenvalue weighted by Crippen LogP contribution is -2.03. The van der Waals surface area contributed by atoms with Crippen LogP contribution in [0.2, 0.25) is 5.02 Å². The minimum atomic E-state index is -0.267. The highest BCUT2D eigenvalue weighted by Gasteiger charge is 2.08. The highest BCUT2D eigenvalue weighted by Crippen LogP contribution is 2.32. The fraction of sp³-hybridized carbons (Fsp3) is 0.143. The molecule has 0 aliphatic rings. The van der Waals surface area contributed by atoms with Crippen LogP contribution in [0.5, 0.6) is 0 Å². The second-order valence-electron chi connectivity index (χ2n) is 4.19. The monoisotopic (exact) mass is 405 g/mol. The number of hydrogen-bond acceptors (Lipinski definition) is 1. The number of rotatable bonds is 3. The summed E-state index contributed by atoms with van der Waals surface area (Å²) in [6, 6.07) is 8.54. The second-order valence-corrected chi connectivity index (χ2v) is 6.34. The van der Waals surface area contributed by atoms with Crippen molar-refractivity contribution in [3.63, 3.8) is 0 Å². The van der Waals surface area contributed by atoms with E-state index in [1.165, 1.54) is 12.1 Å². The van der Waals surface area contributed by atoms with E-state index in [0.29, 0.717) is 17.1 Å². The van der Waals surface area contributed by atoms with Crippen LogP contribution in [0.25, 0.3) is 0 Å². The van der Waals surface area contributed by atoms with Crippen LogP contribution in [0.15, 0.2) is 39.3 Å². The number of anilines is 1. The second kappa shape index (κ2) is 6.25. The fourth-order valence-electron chi connectivity index (χ4n) is 1.73. The molecule has 2 aromatic carbocycles. The normalized spacial score (nSPS) is 10.6. The van der Waals surface area contributed by atoms with Gasteiger partial charge < -0.3 is 5.32 Å². The molecule has 0 aromatic heterocycles. The van der Waals surface area contributed by atoms with Gasteiger partial charge in [-0.3, -0.25) is 0 Å². The van der Waals surface area contributed by atoms with Gasteiger partial charge in [-0.15, -0.1) is 0 Å². The molecule has 19 heavy (non-hydrogen) atoms. The van der Waals surface area contributed by atoms with Gasteiger partial charge >= 0.3 is 0 Å². The van der Waals surface area contributed by atoms with Gasteiger partial charge in [0.15, 0.2) is 0 Å². The van der Waals surface area contributed by atoms with Gasteiger partial charge in [0.1, 0.15) is 5.82 Å². The molecule has 1 nitrogen and oxygen atoms in total. The zero-order valence-electron chi connectivity index (χ0n) is 10.1. The summed E-state index contributed by atoms with van der Waals surface area (Å²) in [5.74, 6) is -0.267. The summed E-state index contributed by atoms with van der Waals surface area (Å²) in [6.07, 6.45) is 0. The largest absolute Gasteiger partial charge is 0.379 e. The Labute approximate surface area is 133 Å². The zero-order chi connectivity index (χ0) is 14.0. The molecule has 100 valence electrons. The molecule has 2 aromatic rings. The van der Waals surface area contributed by atoms with E-state index in [1.54, 1.807) is 6.07 Å². The van der Waals surface area contributed by atoms with Crippen molar-refractivity contribution in [1.29, 1.82) is 0 Å². The standard InChI is InChI=1S/C14H11Br2ClFN/c1-8-4-11(15)14(12(16)5-8)19-7-9-6-10(17)2-3-13(9)18/h2-6,19H,7H2,1H3. The van der Waals surface area contributed by atoms with E-state index < -0.39 is 0 Å². The number of aryl methyl sites for hydroxylation is 1. The van der Waals surface area contributed by atoms with E-state index in [-0.39, 0.29) is 5.82 Å². The number of nitrogens with one attached hydrogen (secondary N) is 1. The molecular formula is C14H11Br2ClFN. The lowest BCUT2D eigenvalue weighted by Gasteiger charge is -2.12.